The van der Waals surface area contributed by atoms with Crippen LogP contribution in [0.15, 0.2) is 23.5 Å². The Labute approximate surface area is 203 Å². The molecule has 1 aromatic heterocycles. The molecule has 2 rings (SSSR count). The summed E-state index contributed by atoms with van der Waals surface area (Å²) in [5, 5.41) is 6.53. The molecule has 0 saturated carbocycles. The Morgan fingerprint density at radius 1 is 1.16 bits per heavy atom. The van der Waals surface area contributed by atoms with Crippen molar-refractivity contribution in [2.75, 3.05) is 57.8 Å². The smallest absolute Gasteiger partial charge is 0.225 e. The molecule has 10 heteroatoms. The van der Waals surface area contributed by atoms with Gasteiger partial charge in [0, 0.05) is 71.7 Å². The van der Waals surface area contributed by atoms with E-state index in [2.05, 4.69) is 44.3 Å². The first kappa shape index (κ1) is 27.3. The Kier molecular flexibility index (Phi) is 13.4. The summed E-state index contributed by atoms with van der Waals surface area (Å²) < 4.78 is 5.77. The van der Waals surface area contributed by atoms with Crippen LogP contribution in [-0.4, -0.2) is 85.8 Å². The molecule has 1 atom stereocenters. The molecule has 0 aliphatic carbocycles. The number of piperazine rings is 1. The third-order valence-electron chi connectivity index (χ3n) is 5.17. The minimum atomic E-state index is 0. The summed E-state index contributed by atoms with van der Waals surface area (Å²) in [5.41, 5.74) is 0. The van der Waals surface area contributed by atoms with Crippen LogP contribution in [-0.2, 0) is 9.53 Å². The van der Waals surface area contributed by atoms with Gasteiger partial charge in [-0.3, -0.25) is 9.79 Å². The van der Waals surface area contributed by atoms with Gasteiger partial charge in [0.15, 0.2) is 5.96 Å². The number of amides is 1. The second-order valence-electron chi connectivity index (χ2n) is 7.62. The maximum atomic E-state index is 12.5. The number of hydrogen-bond donors (Lipinski definition) is 2. The summed E-state index contributed by atoms with van der Waals surface area (Å²) in [7, 11) is 1.74. The molecule has 1 aliphatic heterocycles. The van der Waals surface area contributed by atoms with Crippen LogP contribution < -0.4 is 15.5 Å². The second-order valence-corrected chi connectivity index (χ2v) is 7.62. The molecular formula is C21H38IN7O2. The molecule has 0 bridgehead atoms. The van der Waals surface area contributed by atoms with Gasteiger partial charge in [-0.15, -0.1) is 24.0 Å². The molecule has 0 radical (unpaired) electrons. The van der Waals surface area contributed by atoms with Gasteiger partial charge in [0.25, 0.3) is 0 Å². The topological polar surface area (TPSA) is 95.0 Å². The van der Waals surface area contributed by atoms with Crippen molar-refractivity contribution in [1.29, 1.82) is 0 Å². The normalized spacial score (nSPS) is 15.5. The van der Waals surface area contributed by atoms with E-state index in [1.807, 2.05) is 11.8 Å². The van der Waals surface area contributed by atoms with Crippen LogP contribution in [0.25, 0.3) is 0 Å². The summed E-state index contributed by atoms with van der Waals surface area (Å²) >= 11 is 0. The van der Waals surface area contributed by atoms with Crippen molar-refractivity contribution in [2.45, 2.75) is 39.7 Å². The quantitative estimate of drug-likeness (QED) is 0.262. The van der Waals surface area contributed by atoms with Crippen LogP contribution in [0.4, 0.5) is 5.95 Å². The van der Waals surface area contributed by atoms with E-state index in [9.17, 15) is 4.79 Å². The van der Waals surface area contributed by atoms with Gasteiger partial charge < -0.3 is 25.2 Å². The summed E-state index contributed by atoms with van der Waals surface area (Å²) in [6, 6.07) is 1.81. The SMILES string of the molecule is CCOC(CCNC(=NC)NCCC(=O)N1CCN(c2ncccn2)CC1)C(C)C.I. The highest BCUT2D eigenvalue weighted by atomic mass is 127. The number of hydrogen-bond acceptors (Lipinski definition) is 6. The van der Waals surface area contributed by atoms with Crippen molar-refractivity contribution in [3.05, 3.63) is 18.5 Å². The maximum absolute atomic E-state index is 12.5. The van der Waals surface area contributed by atoms with Gasteiger partial charge in [-0.25, -0.2) is 9.97 Å². The van der Waals surface area contributed by atoms with E-state index in [4.69, 9.17) is 4.74 Å². The monoisotopic (exact) mass is 547 g/mol. The molecule has 176 valence electrons. The van der Waals surface area contributed by atoms with Gasteiger partial charge in [0.2, 0.25) is 11.9 Å². The highest BCUT2D eigenvalue weighted by Gasteiger charge is 2.22. The highest BCUT2D eigenvalue weighted by Crippen LogP contribution is 2.11. The lowest BCUT2D eigenvalue weighted by Gasteiger charge is -2.34. The Morgan fingerprint density at radius 2 is 1.81 bits per heavy atom. The third kappa shape index (κ3) is 9.55. The lowest BCUT2D eigenvalue weighted by Crippen LogP contribution is -2.50. The Balaban J connectivity index is 0.00000480. The van der Waals surface area contributed by atoms with E-state index in [1.54, 1.807) is 25.5 Å². The third-order valence-corrected chi connectivity index (χ3v) is 5.17. The van der Waals surface area contributed by atoms with E-state index in [0.29, 0.717) is 37.9 Å². The lowest BCUT2D eigenvalue weighted by atomic mass is 10.0. The van der Waals surface area contributed by atoms with Crippen LogP contribution in [0.1, 0.15) is 33.6 Å². The molecule has 1 saturated heterocycles. The van der Waals surface area contributed by atoms with Crippen LogP contribution >= 0.6 is 24.0 Å². The van der Waals surface area contributed by atoms with E-state index < -0.39 is 0 Å². The molecule has 0 aromatic carbocycles. The number of guanidine groups is 1. The second kappa shape index (κ2) is 15.2. The van der Waals surface area contributed by atoms with Crippen molar-refractivity contribution in [2.24, 2.45) is 10.9 Å². The number of carbonyl (C=O) groups is 1. The van der Waals surface area contributed by atoms with Gasteiger partial charge in [-0.2, -0.15) is 0 Å². The summed E-state index contributed by atoms with van der Waals surface area (Å²) in [6.07, 6.45) is 5.08. The predicted molar refractivity (Wildman–Crippen MR) is 135 cm³/mol. The van der Waals surface area contributed by atoms with E-state index in [1.165, 1.54) is 0 Å². The average Bonchev–Trinajstić information content (AvgIpc) is 2.77. The molecule has 2 N–H and O–H groups in total. The first-order chi connectivity index (χ1) is 14.5. The first-order valence-corrected chi connectivity index (χ1v) is 10.9. The van der Waals surface area contributed by atoms with Crippen LogP contribution in [0.5, 0.6) is 0 Å². The number of carbonyl (C=O) groups excluding carboxylic acids is 1. The number of nitrogens with zero attached hydrogens (tertiary/aromatic N) is 5. The molecule has 9 nitrogen and oxygen atoms in total. The molecule has 1 aromatic rings. The van der Waals surface area contributed by atoms with Gasteiger partial charge in [0.05, 0.1) is 6.10 Å². The van der Waals surface area contributed by atoms with Gasteiger partial charge in [0.1, 0.15) is 0 Å². The largest absolute Gasteiger partial charge is 0.378 e. The Morgan fingerprint density at radius 3 is 2.39 bits per heavy atom. The standard InChI is InChI=1S/C21H37N7O2.HI/c1-5-30-18(17(2)3)7-11-23-20(22-4)24-12-8-19(29)27-13-15-28(16-14-27)21-25-9-6-10-26-21;/h6,9-10,17-18H,5,7-8,11-16H2,1-4H3,(H2,22,23,24);1H. The molecule has 0 spiro atoms. The Bertz CT molecular complexity index is 652. The average molecular weight is 547 g/mol. The molecule has 2 heterocycles. The minimum absolute atomic E-state index is 0. The number of rotatable bonds is 10. The van der Waals surface area contributed by atoms with Crippen molar-refractivity contribution in [3.8, 4) is 0 Å². The number of anilines is 1. The number of halogens is 1. The van der Waals surface area contributed by atoms with Crippen molar-refractivity contribution in [1.82, 2.24) is 25.5 Å². The van der Waals surface area contributed by atoms with E-state index in [-0.39, 0.29) is 36.0 Å². The molecule has 1 aliphatic rings. The fraction of sp³-hybridized carbons (Fsp3) is 0.714. The van der Waals surface area contributed by atoms with Crippen molar-refractivity contribution < 1.29 is 9.53 Å². The van der Waals surface area contributed by atoms with Gasteiger partial charge in [-0.1, -0.05) is 13.8 Å². The summed E-state index contributed by atoms with van der Waals surface area (Å²) in [5.74, 6) is 2.08. The molecule has 31 heavy (non-hydrogen) atoms. The van der Waals surface area contributed by atoms with Crippen LogP contribution in [0.2, 0.25) is 0 Å². The zero-order valence-electron chi connectivity index (χ0n) is 19.2. The molecular weight excluding hydrogens is 509 g/mol. The zero-order chi connectivity index (χ0) is 21.8. The molecule has 1 unspecified atom stereocenters. The minimum Gasteiger partial charge on any atom is -0.378 e. The number of aliphatic imine (C=N–C) groups is 1. The summed E-state index contributed by atoms with van der Waals surface area (Å²) in [6.45, 7) is 11.3. The number of aromatic nitrogens is 2. The molecule has 1 amide bonds. The van der Waals surface area contributed by atoms with Crippen LogP contribution in [0.3, 0.4) is 0 Å². The van der Waals surface area contributed by atoms with Gasteiger partial charge >= 0.3 is 0 Å². The van der Waals surface area contributed by atoms with Crippen molar-refractivity contribution >= 4 is 41.8 Å². The van der Waals surface area contributed by atoms with Crippen LogP contribution in [0, 0.1) is 5.92 Å². The van der Waals surface area contributed by atoms with Crippen molar-refractivity contribution in [3.63, 3.8) is 0 Å². The fourth-order valence-electron chi connectivity index (χ4n) is 3.43. The van der Waals surface area contributed by atoms with Gasteiger partial charge in [-0.05, 0) is 25.3 Å². The van der Waals surface area contributed by atoms with E-state index >= 15 is 0 Å². The summed E-state index contributed by atoms with van der Waals surface area (Å²) in [4.78, 5) is 29.3. The lowest BCUT2D eigenvalue weighted by molar-refractivity contribution is -0.131. The highest BCUT2D eigenvalue weighted by molar-refractivity contribution is 14.0. The number of nitrogens with one attached hydrogen (secondary N) is 2. The zero-order valence-corrected chi connectivity index (χ0v) is 21.5. The number of ether oxygens (including phenoxy) is 1. The fourth-order valence-corrected chi connectivity index (χ4v) is 3.43. The first-order valence-electron chi connectivity index (χ1n) is 10.9. The predicted octanol–water partition coefficient (Wildman–Crippen LogP) is 1.75. The Hall–Kier alpha value is -1.69. The molecule has 1 fully saturated rings. The maximum Gasteiger partial charge on any atom is 0.225 e. The van der Waals surface area contributed by atoms with E-state index in [0.717, 1.165) is 38.6 Å².